The summed E-state index contributed by atoms with van der Waals surface area (Å²) in [4.78, 5) is 22.7. The van der Waals surface area contributed by atoms with Gasteiger partial charge in [0.05, 0.1) is 11.0 Å². The van der Waals surface area contributed by atoms with E-state index in [9.17, 15) is 23.7 Å². The topological polar surface area (TPSA) is 101 Å². The fourth-order valence-corrected chi connectivity index (χ4v) is 2.65. The molecule has 1 aromatic carbocycles. The number of aryl methyl sites for hydroxylation is 1. The lowest BCUT2D eigenvalue weighted by atomic mass is 10.0. The Balaban J connectivity index is 1.91. The van der Waals surface area contributed by atoms with Crippen LogP contribution in [0.15, 0.2) is 18.2 Å². The van der Waals surface area contributed by atoms with Crippen molar-refractivity contribution in [3.63, 3.8) is 0 Å². The van der Waals surface area contributed by atoms with E-state index in [4.69, 9.17) is 0 Å². The summed E-state index contributed by atoms with van der Waals surface area (Å²) in [6.07, 6.45) is 1.51. The Bertz CT molecular complexity index is 817. The van der Waals surface area contributed by atoms with Crippen molar-refractivity contribution < 1.29 is 18.5 Å². The van der Waals surface area contributed by atoms with Gasteiger partial charge in [0.25, 0.3) is 5.91 Å². The Labute approximate surface area is 135 Å². The predicted octanol–water partition coefficient (Wildman–Crippen LogP) is 2.79. The van der Waals surface area contributed by atoms with Crippen LogP contribution in [0.2, 0.25) is 0 Å². The van der Waals surface area contributed by atoms with Crippen molar-refractivity contribution in [3.05, 3.63) is 56.9 Å². The molecule has 0 spiro atoms. The van der Waals surface area contributed by atoms with Crippen molar-refractivity contribution >= 4 is 11.6 Å². The van der Waals surface area contributed by atoms with Crippen molar-refractivity contribution in [3.8, 4) is 0 Å². The number of rotatable bonds is 5. The van der Waals surface area contributed by atoms with E-state index >= 15 is 0 Å². The lowest BCUT2D eigenvalue weighted by Crippen LogP contribution is -2.31. The van der Waals surface area contributed by atoms with Crippen LogP contribution in [-0.4, -0.2) is 21.0 Å². The lowest BCUT2D eigenvalue weighted by molar-refractivity contribution is -0.385. The number of aromatic nitrogens is 2. The summed E-state index contributed by atoms with van der Waals surface area (Å²) in [7, 11) is 0. The average Bonchev–Trinajstić information content (AvgIpc) is 3.28. The molecule has 0 unspecified atom stereocenters. The number of halogens is 2. The number of nitro groups is 1. The highest BCUT2D eigenvalue weighted by atomic mass is 19.1. The molecule has 1 heterocycles. The van der Waals surface area contributed by atoms with Gasteiger partial charge < -0.3 is 5.32 Å². The van der Waals surface area contributed by atoms with Gasteiger partial charge in [0.2, 0.25) is 5.69 Å². The van der Waals surface area contributed by atoms with E-state index in [1.165, 1.54) is 6.92 Å². The van der Waals surface area contributed by atoms with Crippen LogP contribution in [0.1, 0.15) is 40.6 Å². The molecule has 9 heteroatoms. The number of carbonyl (C=O) groups excluding carboxylic acids is 1. The number of nitrogens with zero attached hydrogens (tertiary/aromatic N) is 2. The molecule has 1 atom stereocenters. The molecule has 0 radical (unpaired) electrons. The van der Waals surface area contributed by atoms with Crippen LogP contribution in [0.3, 0.4) is 0 Å². The van der Waals surface area contributed by atoms with E-state index < -0.39 is 34.2 Å². The van der Waals surface area contributed by atoms with Crippen molar-refractivity contribution in [1.29, 1.82) is 0 Å². The number of nitrogens with one attached hydrogen (secondary N) is 2. The number of benzene rings is 1. The van der Waals surface area contributed by atoms with Crippen LogP contribution >= 0.6 is 0 Å². The van der Waals surface area contributed by atoms with Gasteiger partial charge in [-0.1, -0.05) is 0 Å². The van der Waals surface area contributed by atoms with Crippen molar-refractivity contribution in [2.75, 3.05) is 0 Å². The Morgan fingerprint density at radius 1 is 1.46 bits per heavy atom. The minimum Gasteiger partial charge on any atom is -0.343 e. The zero-order valence-electron chi connectivity index (χ0n) is 12.7. The highest BCUT2D eigenvalue weighted by molar-refractivity contribution is 5.96. The van der Waals surface area contributed by atoms with Gasteiger partial charge in [-0.2, -0.15) is 5.10 Å². The van der Waals surface area contributed by atoms with Gasteiger partial charge >= 0.3 is 5.69 Å². The zero-order chi connectivity index (χ0) is 17.4. The van der Waals surface area contributed by atoms with Crippen LogP contribution in [-0.2, 0) is 0 Å². The molecule has 1 amide bonds. The third-order valence-corrected chi connectivity index (χ3v) is 3.99. The van der Waals surface area contributed by atoms with Gasteiger partial charge in [-0.15, -0.1) is 0 Å². The van der Waals surface area contributed by atoms with E-state index in [0.717, 1.165) is 31.0 Å². The van der Waals surface area contributed by atoms with Gasteiger partial charge in [0, 0.05) is 5.56 Å². The van der Waals surface area contributed by atoms with E-state index in [0.29, 0.717) is 0 Å². The summed E-state index contributed by atoms with van der Waals surface area (Å²) in [6, 6.07) is 2.26. The Hall–Kier alpha value is -2.84. The summed E-state index contributed by atoms with van der Waals surface area (Å²) in [5, 5.41) is 19.7. The fourth-order valence-electron chi connectivity index (χ4n) is 2.65. The van der Waals surface area contributed by atoms with E-state index in [2.05, 4.69) is 15.5 Å². The summed E-state index contributed by atoms with van der Waals surface area (Å²) in [6.45, 7) is 1.42. The van der Waals surface area contributed by atoms with Gasteiger partial charge in [-0.25, -0.2) is 8.78 Å². The summed E-state index contributed by atoms with van der Waals surface area (Å²) in [5.74, 6) is -2.09. The van der Waals surface area contributed by atoms with Gasteiger partial charge in [0.1, 0.15) is 17.3 Å². The number of amides is 1. The van der Waals surface area contributed by atoms with E-state index in [1.54, 1.807) is 0 Å². The monoisotopic (exact) mass is 336 g/mol. The van der Waals surface area contributed by atoms with Crippen LogP contribution in [0.4, 0.5) is 14.5 Å². The molecule has 0 bridgehead atoms. The van der Waals surface area contributed by atoms with Crippen LogP contribution in [0.25, 0.3) is 0 Å². The molecule has 1 fully saturated rings. The molecule has 0 saturated heterocycles. The molecule has 126 valence electrons. The highest BCUT2D eigenvalue weighted by Crippen LogP contribution is 2.42. The van der Waals surface area contributed by atoms with Crippen molar-refractivity contribution in [2.45, 2.75) is 25.8 Å². The number of aromatic amines is 1. The van der Waals surface area contributed by atoms with Crippen LogP contribution in [0.5, 0.6) is 0 Å². The normalized spacial score (nSPS) is 15.1. The first kappa shape index (κ1) is 16.0. The van der Waals surface area contributed by atoms with Gasteiger partial charge in [-0.05, 0) is 43.9 Å². The third-order valence-electron chi connectivity index (χ3n) is 3.99. The third kappa shape index (κ3) is 2.97. The predicted molar refractivity (Wildman–Crippen MR) is 79.3 cm³/mol. The largest absolute Gasteiger partial charge is 0.343 e. The van der Waals surface area contributed by atoms with Crippen molar-refractivity contribution in [1.82, 2.24) is 15.5 Å². The molecule has 1 aromatic heterocycles. The second kappa shape index (κ2) is 5.99. The maximum absolute atomic E-state index is 14.0. The molecule has 0 aliphatic heterocycles. The fraction of sp³-hybridized carbons (Fsp3) is 0.333. The molecular formula is C15H14F2N4O3. The molecule has 1 aliphatic rings. The van der Waals surface area contributed by atoms with Crippen LogP contribution < -0.4 is 5.32 Å². The first-order valence-corrected chi connectivity index (χ1v) is 7.33. The van der Waals surface area contributed by atoms with Crippen molar-refractivity contribution in [2.24, 2.45) is 5.92 Å². The smallest absolute Gasteiger partial charge is 0.322 e. The molecule has 2 aromatic rings. The quantitative estimate of drug-likeness (QED) is 0.647. The van der Waals surface area contributed by atoms with Gasteiger partial charge in [-0.3, -0.25) is 20.0 Å². The summed E-state index contributed by atoms with van der Waals surface area (Å²) < 4.78 is 27.5. The zero-order valence-corrected chi connectivity index (χ0v) is 12.7. The Morgan fingerprint density at radius 2 is 2.17 bits per heavy atom. The second-order valence-corrected chi connectivity index (χ2v) is 5.76. The molecule has 24 heavy (non-hydrogen) atoms. The molecule has 7 nitrogen and oxygen atoms in total. The number of H-pyrrole nitrogens is 1. The summed E-state index contributed by atoms with van der Waals surface area (Å²) in [5.41, 5.74) is -0.632. The number of carbonyl (C=O) groups is 1. The molecule has 3 rings (SSSR count). The summed E-state index contributed by atoms with van der Waals surface area (Å²) >= 11 is 0. The van der Waals surface area contributed by atoms with Gasteiger partial charge in [0.15, 0.2) is 0 Å². The maximum Gasteiger partial charge on any atom is 0.322 e. The minimum atomic E-state index is -0.799. The van der Waals surface area contributed by atoms with E-state index in [-0.39, 0.29) is 22.9 Å². The SMILES string of the molecule is Cc1[nH]nc(C(=O)N[C@H](c2cc(F)ccc2F)C2CC2)c1[N+](=O)[O-]. The molecular weight excluding hydrogens is 322 g/mol. The Morgan fingerprint density at radius 3 is 2.79 bits per heavy atom. The average molecular weight is 336 g/mol. The van der Waals surface area contributed by atoms with E-state index in [1.807, 2.05) is 0 Å². The number of hydrogen-bond acceptors (Lipinski definition) is 4. The maximum atomic E-state index is 14.0. The number of hydrogen-bond donors (Lipinski definition) is 2. The standard InChI is InChI=1S/C15H14F2N4O3/c1-7-14(21(23)24)13(20-19-7)15(22)18-12(8-2-3-8)10-6-9(16)4-5-11(10)17/h4-6,8,12H,2-3H2,1H3,(H,18,22)(H,19,20)/t12-/m0/s1. The lowest BCUT2D eigenvalue weighted by Gasteiger charge is -2.18. The first-order chi connectivity index (χ1) is 11.4. The first-order valence-electron chi connectivity index (χ1n) is 7.33. The van der Waals surface area contributed by atoms with Crippen LogP contribution in [0, 0.1) is 34.6 Å². The Kier molecular flexibility index (Phi) is 4.00. The highest BCUT2D eigenvalue weighted by Gasteiger charge is 2.37. The minimum absolute atomic E-state index is 0.0285. The molecule has 1 aliphatic carbocycles. The second-order valence-electron chi connectivity index (χ2n) is 5.76. The molecule has 1 saturated carbocycles. The molecule has 2 N–H and O–H groups in total.